The van der Waals surface area contributed by atoms with E-state index in [1.54, 1.807) is 24.3 Å². The minimum atomic E-state index is -3.56. The van der Waals surface area contributed by atoms with E-state index in [2.05, 4.69) is 23.8 Å². The van der Waals surface area contributed by atoms with Crippen LogP contribution in [-0.4, -0.2) is 14.1 Å². The van der Waals surface area contributed by atoms with Gasteiger partial charge in [-0.2, -0.15) is 13.5 Å². The normalized spacial score (nSPS) is 28.8. The van der Waals surface area contributed by atoms with E-state index >= 15 is 0 Å². The highest BCUT2D eigenvalue weighted by molar-refractivity contribution is 7.89. The van der Waals surface area contributed by atoms with Crippen LogP contribution in [0.4, 0.5) is 0 Å². The molecule has 0 aliphatic heterocycles. The molecule has 1 N–H and O–H groups in total. The van der Waals surface area contributed by atoms with E-state index in [4.69, 9.17) is 0 Å². The van der Waals surface area contributed by atoms with Gasteiger partial charge in [-0.3, -0.25) is 0 Å². The van der Waals surface area contributed by atoms with E-state index in [1.807, 2.05) is 6.92 Å². The van der Waals surface area contributed by atoms with Crippen LogP contribution in [0, 0.1) is 24.2 Å². The van der Waals surface area contributed by atoms with Crippen molar-refractivity contribution >= 4 is 15.7 Å². The van der Waals surface area contributed by atoms with Crippen LogP contribution in [-0.2, 0) is 10.0 Å². The molecule has 0 radical (unpaired) electrons. The monoisotopic (exact) mass is 320 g/mol. The molecule has 3 rings (SSSR count). The molecule has 120 valence electrons. The molecule has 0 amide bonds. The molecule has 0 saturated heterocycles. The van der Waals surface area contributed by atoms with Crippen molar-refractivity contribution in [3.8, 4) is 0 Å². The van der Waals surface area contributed by atoms with Gasteiger partial charge in [0.1, 0.15) is 0 Å². The minimum Gasteiger partial charge on any atom is -0.200 e. The topological polar surface area (TPSA) is 58.5 Å². The number of hydrogen-bond acceptors (Lipinski definition) is 3. The fraction of sp³-hybridized carbons (Fsp3) is 0.588. The number of fused-ring (bicyclic) bond motifs is 1. The molecule has 22 heavy (non-hydrogen) atoms. The van der Waals surface area contributed by atoms with Crippen LogP contribution in [0.1, 0.15) is 45.1 Å². The van der Waals surface area contributed by atoms with Gasteiger partial charge >= 0.3 is 0 Å². The lowest BCUT2D eigenvalue weighted by molar-refractivity contribution is 0.0117. The number of nitrogens with zero attached hydrogens (tertiary/aromatic N) is 1. The lowest BCUT2D eigenvalue weighted by atomic mass is 9.50. The van der Waals surface area contributed by atoms with Crippen molar-refractivity contribution in [3.63, 3.8) is 0 Å². The van der Waals surface area contributed by atoms with E-state index in [-0.39, 0.29) is 4.90 Å². The van der Waals surface area contributed by atoms with Crippen molar-refractivity contribution in [3.05, 3.63) is 29.8 Å². The third kappa shape index (κ3) is 2.78. The highest BCUT2D eigenvalue weighted by Gasteiger charge is 2.50. The number of hydrogen-bond donors (Lipinski definition) is 1. The first-order valence-electron chi connectivity index (χ1n) is 7.94. The van der Waals surface area contributed by atoms with Gasteiger partial charge in [-0.25, -0.2) is 4.83 Å². The Balaban J connectivity index is 1.75. The Morgan fingerprint density at radius 1 is 1.23 bits per heavy atom. The molecule has 1 aromatic carbocycles. The first-order valence-corrected chi connectivity index (χ1v) is 9.43. The lowest BCUT2D eigenvalue weighted by Crippen LogP contribution is -2.50. The molecule has 2 saturated carbocycles. The van der Waals surface area contributed by atoms with Gasteiger partial charge in [-0.05, 0) is 56.1 Å². The van der Waals surface area contributed by atoms with Crippen molar-refractivity contribution in [1.29, 1.82) is 0 Å². The number of rotatable bonds is 3. The van der Waals surface area contributed by atoms with Crippen molar-refractivity contribution in [2.24, 2.45) is 22.4 Å². The van der Waals surface area contributed by atoms with Crippen LogP contribution in [0.3, 0.4) is 0 Å². The van der Waals surface area contributed by atoms with Gasteiger partial charge < -0.3 is 0 Å². The molecule has 4 nitrogen and oxygen atoms in total. The molecule has 0 heterocycles. The Morgan fingerprint density at radius 3 is 2.55 bits per heavy atom. The van der Waals surface area contributed by atoms with Gasteiger partial charge in [0.05, 0.1) is 4.90 Å². The predicted octanol–water partition coefficient (Wildman–Crippen LogP) is 3.48. The molecule has 1 aromatic rings. The summed E-state index contributed by atoms with van der Waals surface area (Å²) in [6.07, 6.45) is 4.37. The number of sulfonamides is 1. The van der Waals surface area contributed by atoms with E-state index in [9.17, 15) is 8.42 Å². The van der Waals surface area contributed by atoms with Gasteiger partial charge in [0.2, 0.25) is 0 Å². The fourth-order valence-electron chi connectivity index (χ4n) is 3.90. The number of benzene rings is 1. The SMILES string of the molecule is Cc1ccc(S(=O)(=O)N/N=C2\CCCC3C2CC3(C)C)cc1. The third-order valence-corrected chi connectivity index (χ3v) is 6.48. The van der Waals surface area contributed by atoms with Gasteiger partial charge in [-0.15, -0.1) is 0 Å². The molecular formula is C17H24N2O2S. The summed E-state index contributed by atoms with van der Waals surface area (Å²) in [5.74, 6) is 1.12. The maximum Gasteiger partial charge on any atom is 0.276 e. The summed E-state index contributed by atoms with van der Waals surface area (Å²) in [6, 6.07) is 6.83. The van der Waals surface area contributed by atoms with Crippen LogP contribution in [0.5, 0.6) is 0 Å². The van der Waals surface area contributed by atoms with Crippen molar-refractivity contribution < 1.29 is 8.42 Å². The smallest absolute Gasteiger partial charge is 0.200 e. The van der Waals surface area contributed by atoms with E-state index in [0.29, 0.717) is 17.3 Å². The molecular weight excluding hydrogens is 296 g/mol. The zero-order valence-electron chi connectivity index (χ0n) is 13.5. The standard InChI is InChI=1S/C17H24N2O2S/c1-12-7-9-13(10-8-12)22(20,21)19-18-16-6-4-5-15-14(16)11-17(15,2)3/h7-10,14-15,19H,4-6,11H2,1-3H3/b18-16+. The average Bonchev–Trinajstić information content (AvgIpc) is 2.45. The molecule has 0 spiro atoms. The number of nitrogens with one attached hydrogen (secondary N) is 1. The Hall–Kier alpha value is -1.36. The highest BCUT2D eigenvalue weighted by atomic mass is 32.2. The second kappa shape index (κ2) is 5.37. The summed E-state index contributed by atoms with van der Waals surface area (Å²) in [4.78, 5) is 2.70. The second-order valence-electron chi connectivity index (χ2n) is 7.31. The van der Waals surface area contributed by atoms with Crippen molar-refractivity contribution in [2.45, 2.75) is 51.3 Å². The Kier molecular flexibility index (Phi) is 3.79. The molecule has 2 fully saturated rings. The van der Waals surface area contributed by atoms with Crippen molar-refractivity contribution in [1.82, 2.24) is 4.83 Å². The van der Waals surface area contributed by atoms with E-state index in [1.165, 1.54) is 6.42 Å². The summed E-state index contributed by atoms with van der Waals surface area (Å²) in [5, 5.41) is 4.28. The molecule has 0 aromatic heterocycles. The molecule has 2 unspecified atom stereocenters. The van der Waals surface area contributed by atoms with Gasteiger partial charge in [0.25, 0.3) is 10.0 Å². The Labute approximate surface area is 133 Å². The second-order valence-corrected chi connectivity index (χ2v) is 8.97. The molecule has 2 atom stereocenters. The zero-order chi connectivity index (χ0) is 16.0. The average molecular weight is 320 g/mol. The fourth-order valence-corrected chi connectivity index (χ4v) is 4.74. The van der Waals surface area contributed by atoms with E-state index < -0.39 is 10.0 Å². The summed E-state index contributed by atoms with van der Waals surface area (Å²) in [5.41, 5.74) is 2.45. The minimum absolute atomic E-state index is 0.267. The van der Waals surface area contributed by atoms with Gasteiger partial charge in [-0.1, -0.05) is 31.5 Å². The maximum atomic E-state index is 12.3. The predicted molar refractivity (Wildman–Crippen MR) is 88.2 cm³/mol. The first-order chi connectivity index (χ1) is 10.3. The Bertz CT molecular complexity index is 690. The highest BCUT2D eigenvalue weighted by Crippen LogP contribution is 2.55. The zero-order valence-corrected chi connectivity index (χ0v) is 14.3. The van der Waals surface area contributed by atoms with E-state index in [0.717, 1.165) is 30.5 Å². The summed E-state index contributed by atoms with van der Waals surface area (Å²) < 4.78 is 24.6. The summed E-state index contributed by atoms with van der Waals surface area (Å²) in [6.45, 7) is 6.53. The van der Waals surface area contributed by atoms with Crippen LogP contribution in [0.15, 0.2) is 34.3 Å². The first kappa shape index (κ1) is 15.5. The molecule has 2 aliphatic carbocycles. The third-order valence-electron chi connectivity index (χ3n) is 5.25. The number of aryl methyl sites for hydroxylation is 1. The molecule has 2 aliphatic rings. The molecule has 0 bridgehead atoms. The van der Waals surface area contributed by atoms with Gasteiger partial charge in [0.15, 0.2) is 0 Å². The van der Waals surface area contributed by atoms with Crippen LogP contribution in [0.2, 0.25) is 0 Å². The van der Waals surface area contributed by atoms with Crippen LogP contribution < -0.4 is 4.83 Å². The molecule has 5 heteroatoms. The quantitative estimate of drug-likeness (QED) is 0.867. The van der Waals surface area contributed by atoms with Gasteiger partial charge in [0, 0.05) is 11.6 Å². The van der Waals surface area contributed by atoms with Crippen LogP contribution >= 0.6 is 0 Å². The largest absolute Gasteiger partial charge is 0.276 e. The Morgan fingerprint density at radius 2 is 1.91 bits per heavy atom. The number of hydrazone groups is 1. The van der Waals surface area contributed by atoms with Crippen LogP contribution in [0.25, 0.3) is 0 Å². The lowest BCUT2D eigenvalue weighted by Gasteiger charge is -2.54. The summed E-state index contributed by atoms with van der Waals surface area (Å²) >= 11 is 0. The maximum absolute atomic E-state index is 12.3. The summed E-state index contributed by atoms with van der Waals surface area (Å²) in [7, 11) is -3.56. The van der Waals surface area contributed by atoms with Crippen molar-refractivity contribution in [2.75, 3.05) is 0 Å².